The van der Waals surface area contributed by atoms with Gasteiger partial charge in [-0.1, -0.05) is 26.0 Å². The second kappa shape index (κ2) is 7.23. The Morgan fingerprint density at radius 3 is 2.53 bits per heavy atom. The van der Waals surface area contributed by atoms with Crippen LogP contribution in [-0.4, -0.2) is 13.1 Å². The van der Waals surface area contributed by atoms with Crippen molar-refractivity contribution in [3.8, 4) is 0 Å². The third-order valence-corrected chi connectivity index (χ3v) is 3.14. The maximum absolute atomic E-state index is 3.46. The predicted molar refractivity (Wildman–Crippen MR) is 75.2 cm³/mol. The molecule has 0 aliphatic rings. The summed E-state index contributed by atoms with van der Waals surface area (Å²) < 4.78 is 1.31. The summed E-state index contributed by atoms with van der Waals surface area (Å²) in [5.74, 6) is 0.719. The van der Waals surface area contributed by atoms with Gasteiger partial charge in [0.1, 0.15) is 0 Å². The lowest BCUT2D eigenvalue weighted by atomic mass is 10.0. The van der Waals surface area contributed by atoms with Crippen molar-refractivity contribution in [3.05, 3.63) is 33.4 Å². The molecule has 0 bridgehead atoms. The molecule has 0 spiro atoms. The van der Waals surface area contributed by atoms with Gasteiger partial charge in [0.25, 0.3) is 0 Å². The molecule has 0 radical (unpaired) electrons. The zero-order valence-electron chi connectivity index (χ0n) is 9.59. The molecule has 1 N–H and O–H groups in total. The first-order chi connectivity index (χ1) is 7.22. The molecule has 2 heteroatoms. The number of halogens is 1. The highest BCUT2D eigenvalue weighted by molar-refractivity contribution is 14.1. The van der Waals surface area contributed by atoms with E-state index >= 15 is 0 Å². The molecule has 1 nitrogen and oxygen atoms in total. The summed E-state index contributed by atoms with van der Waals surface area (Å²) in [7, 11) is 0. The van der Waals surface area contributed by atoms with Crippen molar-refractivity contribution >= 4 is 22.6 Å². The zero-order chi connectivity index (χ0) is 11.1. The molecule has 0 fully saturated rings. The van der Waals surface area contributed by atoms with Gasteiger partial charge in [-0.3, -0.25) is 0 Å². The van der Waals surface area contributed by atoms with Crippen molar-refractivity contribution in [2.24, 2.45) is 5.92 Å². The van der Waals surface area contributed by atoms with E-state index in [-0.39, 0.29) is 0 Å². The first-order valence-electron chi connectivity index (χ1n) is 5.67. The van der Waals surface area contributed by atoms with Crippen LogP contribution in [0.4, 0.5) is 0 Å². The van der Waals surface area contributed by atoms with Crippen LogP contribution >= 0.6 is 22.6 Å². The Labute approximate surface area is 107 Å². The van der Waals surface area contributed by atoms with Gasteiger partial charge in [-0.15, -0.1) is 0 Å². The molecule has 1 atom stereocenters. The number of benzene rings is 1. The number of hydrogen-bond acceptors (Lipinski definition) is 1. The maximum atomic E-state index is 3.46. The van der Waals surface area contributed by atoms with Crippen LogP contribution in [0.5, 0.6) is 0 Å². The van der Waals surface area contributed by atoms with E-state index in [9.17, 15) is 0 Å². The summed E-state index contributed by atoms with van der Waals surface area (Å²) in [6, 6.07) is 8.83. The third-order valence-electron chi connectivity index (χ3n) is 2.42. The molecule has 0 saturated carbocycles. The van der Waals surface area contributed by atoms with E-state index in [1.807, 2.05) is 0 Å². The minimum atomic E-state index is 0.719. The van der Waals surface area contributed by atoms with Crippen molar-refractivity contribution in [3.63, 3.8) is 0 Å². The fourth-order valence-corrected chi connectivity index (χ4v) is 1.98. The average molecular weight is 317 g/mol. The number of rotatable bonds is 6. The standard InChI is InChI=1S/C13H20IN/c1-3-8-15-10-11(2)9-12-4-6-13(14)7-5-12/h4-7,11,15H,3,8-10H2,1-2H3. The first-order valence-corrected chi connectivity index (χ1v) is 6.75. The molecule has 0 aromatic heterocycles. The van der Waals surface area contributed by atoms with Crippen LogP contribution in [0.3, 0.4) is 0 Å². The Morgan fingerprint density at radius 1 is 1.27 bits per heavy atom. The number of hydrogen-bond donors (Lipinski definition) is 1. The van der Waals surface area contributed by atoms with Gasteiger partial charge in [-0.25, -0.2) is 0 Å². The lowest BCUT2D eigenvalue weighted by molar-refractivity contribution is 0.510. The average Bonchev–Trinajstić information content (AvgIpc) is 2.22. The summed E-state index contributed by atoms with van der Waals surface area (Å²) in [5.41, 5.74) is 1.45. The maximum Gasteiger partial charge on any atom is 0.0130 e. The molecule has 1 rings (SSSR count). The normalized spacial score (nSPS) is 12.7. The van der Waals surface area contributed by atoms with Crippen molar-refractivity contribution in [2.75, 3.05) is 13.1 Å². The largest absolute Gasteiger partial charge is 0.316 e. The van der Waals surface area contributed by atoms with Gasteiger partial charge in [0.15, 0.2) is 0 Å². The van der Waals surface area contributed by atoms with E-state index in [4.69, 9.17) is 0 Å². The Bertz CT molecular complexity index is 268. The quantitative estimate of drug-likeness (QED) is 0.626. The van der Waals surface area contributed by atoms with Gasteiger partial charge >= 0.3 is 0 Å². The van der Waals surface area contributed by atoms with E-state index in [0.29, 0.717) is 0 Å². The smallest absolute Gasteiger partial charge is 0.0130 e. The second-order valence-corrected chi connectivity index (χ2v) is 5.39. The fourth-order valence-electron chi connectivity index (χ4n) is 1.62. The van der Waals surface area contributed by atoms with Crippen molar-refractivity contribution in [2.45, 2.75) is 26.7 Å². The van der Waals surface area contributed by atoms with Gasteiger partial charge in [-0.2, -0.15) is 0 Å². The molecule has 0 aliphatic heterocycles. The van der Waals surface area contributed by atoms with Crippen LogP contribution in [0, 0.1) is 9.49 Å². The Morgan fingerprint density at radius 2 is 1.93 bits per heavy atom. The van der Waals surface area contributed by atoms with Crippen LogP contribution in [0.15, 0.2) is 24.3 Å². The minimum Gasteiger partial charge on any atom is -0.316 e. The zero-order valence-corrected chi connectivity index (χ0v) is 11.8. The molecular formula is C13H20IN. The highest BCUT2D eigenvalue weighted by Gasteiger charge is 2.02. The summed E-state index contributed by atoms with van der Waals surface area (Å²) in [6.45, 7) is 6.77. The molecule has 84 valence electrons. The van der Waals surface area contributed by atoms with Crippen LogP contribution < -0.4 is 5.32 Å². The Hall–Kier alpha value is -0.0900. The van der Waals surface area contributed by atoms with E-state index in [2.05, 4.69) is 66.0 Å². The molecule has 1 unspecified atom stereocenters. The van der Waals surface area contributed by atoms with Crippen LogP contribution in [0.2, 0.25) is 0 Å². The molecule has 0 saturated heterocycles. The van der Waals surface area contributed by atoms with Gasteiger partial charge in [0.2, 0.25) is 0 Å². The predicted octanol–water partition coefficient (Wildman–Crippen LogP) is 3.47. The minimum absolute atomic E-state index is 0.719. The second-order valence-electron chi connectivity index (χ2n) is 4.14. The first kappa shape index (κ1) is 13.0. The topological polar surface area (TPSA) is 12.0 Å². The molecule has 1 aromatic carbocycles. The fraction of sp³-hybridized carbons (Fsp3) is 0.538. The van der Waals surface area contributed by atoms with Crippen LogP contribution in [-0.2, 0) is 6.42 Å². The summed E-state index contributed by atoms with van der Waals surface area (Å²) in [5, 5.41) is 3.46. The van der Waals surface area contributed by atoms with Crippen LogP contribution in [0.25, 0.3) is 0 Å². The molecular weight excluding hydrogens is 297 g/mol. The van der Waals surface area contributed by atoms with Gasteiger partial charge < -0.3 is 5.32 Å². The summed E-state index contributed by atoms with van der Waals surface area (Å²) in [6.07, 6.45) is 2.39. The summed E-state index contributed by atoms with van der Waals surface area (Å²) >= 11 is 2.35. The van der Waals surface area contributed by atoms with Crippen molar-refractivity contribution in [1.29, 1.82) is 0 Å². The molecule has 0 aliphatic carbocycles. The highest BCUT2D eigenvalue weighted by Crippen LogP contribution is 2.11. The van der Waals surface area contributed by atoms with E-state index in [1.54, 1.807) is 0 Å². The SMILES string of the molecule is CCCNCC(C)Cc1ccc(I)cc1. The lowest BCUT2D eigenvalue weighted by Gasteiger charge is -2.12. The molecule has 0 heterocycles. The molecule has 0 amide bonds. The van der Waals surface area contributed by atoms with Gasteiger partial charge in [0, 0.05) is 3.57 Å². The van der Waals surface area contributed by atoms with E-state index < -0.39 is 0 Å². The third kappa shape index (κ3) is 5.52. The molecule has 1 aromatic rings. The van der Waals surface area contributed by atoms with Crippen molar-refractivity contribution < 1.29 is 0 Å². The van der Waals surface area contributed by atoms with E-state index in [0.717, 1.165) is 19.0 Å². The van der Waals surface area contributed by atoms with Crippen molar-refractivity contribution in [1.82, 2.24) is 5.32 Å². The Balaban J connectivity index is 2.31. The van der Waals surface area contributed by atoms with Gasteiger partial charge in [0.05, 0.1) is 0 Å². The van der Waals surface area contributed by atoms with E-state index in [1.165, 1.54) is 22.0 Å². The molecule has 15 heavy (non-hydrogen) atoms. The lowest BCUT2D eigenvalue weighted by Crippen LogP contribution is -2.23. The highest BCUT2D eigenvalue weighted by atomic mass is 127. The van der Waals surface area contributed by atoms with Gasteiger partial charge in [-0.05, 0) is 72.1 Å². The monoisotopic (exact) mass is 317 g/mol. The number of nitrogens with one attached hydrogen (secondary N) is 1. The summed E-state index contributed by atoms with van der Waals surface area (Å²) in [4.78, 5) is 0. The van der Waals surface area contributed by atoms with Crippen LogP contribution in [0.1, 0.15) is 25.8 Å². The Kier molecular flexibility index (Phi) is 6.25.